The van der Waals surface area contributed by atoms with Crippen LogP contribution in [0.15, 0.2) is 36.8 Å². The van der Waals surface area contributed by atoms with Gasteiger partial charge in [0, 0.05) is 30.4 Å². The van der Waals surface area contributed by atoms with Gasteiger partial charge in [0.05, 0.1) is 12.0 Å². The predicted molar refractivity (Wildman–Crippen MR) is 91.6 cm³/mol. The fourth-order valence-electron chi connectivity index (χ4n) is 3.40. The van der Waals surface area contributed by atoms with Crippen molar-refractivity contribution >= 4 is 16.9 Å². The van der Waals surface area contributed by atoms with Crippen LogP contribution in [0.4, 0.5) is 5.82 Å². The molecule has 4 rings (SSSR count). The summed E-state index contributed by atoms with van der Waals surface area (Å²) in [6.07, 6.45) is 4.34. The molecule has 1 fully saturated rings. The summed E-state index contributed by atoms with van der Waals surface area (Å²) >= 11 is 0. The normalized spacial score (nSPS) is 20.7. The molecule has 2 aromatic heterocycles. The maximum absolute atomic E-state index is 9.52. The number of aromatic hydroxyl groups is 1. The summed E-state index contributed by atoms with van der Waals surface area (Å²) in [5, 5.41) is 23.0. The third kappa shape index (κ3) is 2.38. The first kappa shape index (κ1) is 14.9. The number of phenols is 1. The molecule has 0 radical (unpaired) electrons. The van der Waals surface area contributed by atoms with E-state index in [0.717, 1.165) is 35.1 Å². The number of benzene rings is 1. The lowest BCUT2D eigenvalue weighted by Gasteiger charge is -2.12. The Morgan fingerprint density at radius 1 is 1.25 bits per heavy atom. The van der Waals surface area contributed by atoms with Gasteiger partial charge in [-0.25, -0.2) is 9.97 Å². The van der Waals surface area contributed by atoms with Crippen molar-refractivity contribution in [2.75, 3.05) is 18.9 Å². The summed E-state index contributed by atoms with van der Waals surface area (Å²) in [4.78, 5) is 8.56. The Labute approximate surface area is 138 Å². The van der Waals surface area contributed by atoms with Gasteiger partial charge in [0.2, 0.25) is 0 Å². The second-order valence-corrected chi connectivity index (χ2v) is 6.13. The Kier molecular flexibility index (Phi) is 3.59. The van der Waals surface area contributed by atoms with Crippen molar-refractivity contribution < 1.29 is 10.2 Å². The van der Waals surface area contributed by atoms with Gasteiger partial charge in [-0.3, -0.25) is 0 Å². The molecule has 0 saturated carbocycles. The smallest absolute Gasteiger partial charge is 0.146 e. The van der Waals surface area contributed by atoms with Gasteiger partial charge < -0.3 is 25.8 Å². The first-order chi connectivity index (χ1) is 11.7. The van der Waals surface area contributed by atoms with Gasteiger partial charge in [-0.1, -0.05) is 12.1 Å². The van der Waals surface area contributed by atoms with Crippen molar-refractivity contribution in [3.8, 4) is 16.9 Å². The minimum Gasteiger partial charge on any atom is -0.508 e. The van der Waals surface area contributed by atoms with Crippen LogP contribution >= 0.6 is 0 Å². The zero-order chi connectivity index (χ0) is 16.7. The molecule has 124 valence electrons. The number of nitrogens with one attached hydrogen (secondary N) is 1. The van der Waals surface area contributed by atoms with Crippen LogP contribution in [-0.4, -0.2) is 43.9 Å². The molecule has 7 heteroatoms. The van der Waals surface area contributed by atoms with Crippen LogP contribution in [0, 0.1) is 0 Å². The number of phenolic OH excluding ortho intramolecular Hbond substituents is 1. The maximum Gasteiger partial charge on any atom is 0.146 e. The lowest BCUT2D eigenvalue weighted by molar-refractivity contribution is 0.253. The quantitative estimate of drug-likeness (QED) is 0.577. The first-order valence-corrected chi connectivity index (χ1v) is 7.92. The van der Waals surface area contributed by atoms with E-state index in [1.165, 1.54) is 6.33 Å². The molecule has 1 aliphatic rings. The molecule has 0 unspecified atom stereocenters. The molecule has 24 heavy (non-hydrogen) atoms. The number of fused-ring (bicyclic) bond motifs is 1. The molecule has 0 spiro atoms. The number of hydrogen-bond acceptors (Lipinski definition) is 6. The highest BCUT2D eigenvalue weighted by Gasteiger charge is 2.27. The summed E-state index contributed by atoms with van der Waals surface area (Å²) in [6, 6.07) is 7.30. The van der Waals surface area contributed by atoms with E-state index in [1.54, 1.807) is 12.1 Å². The fourth-order valence-corrected chi connectivity index (χ4v) is 3.40. The van der Waals surface area contributed by atoms with E-state index >= 15 is 0 Å². The number of aromatic nitrogens is 3. The molecular formula is C17H19N5O2. The number of aliphatic hydroxyl groups is 1. The molecule has 1 aromatic carbocycles. The van der Waals surface area contributed by atoms with Crippen molar-refractivity contribution in [2.45, 2.75) is 18.5 Å². The van der Waals surface area contributed by atoms with E-state index < -0.39 is 0 Å². The molecule has 3 heterocycles. The topological polar surface area (TPSA) is 109 Å². The molecule has 0 amide bonds. The molecular weight excluding hydrogens is 306 g/mol. The molecule has 1 aliphatic heterocycles. The lowest BCUT2D eigenvalue weighted by Crippen LogP contribution is -2.24. The third-order valence-electron chi connectivity index (χ3n) is 4.63. The van der Waals surface area contributed by atoms with Crippen LogP contribution in [0.3, 0.4) is 0 Å². The SMILES string of the molecule is Nc1ncnc2c1c(-c1ccc(O)cc1)cn2[C@H]1CN[C@H](CO)C1. The second-order valence-electron chi connectivity index (χ2n) is 6.13. The number of rotatable bonds is 3. The van der Waals surface area contributed by atoms with Gasteiger partial charge in [-0.2, -0.15) is 0 Å². The number of anilines is 1. The predicted octanol–water partition coefficient (Wildman–Crippen LogP) is 1.28. The van der Waals surface area contributed by atoms with Crippen LogP contribution < -0.4 is 11.1 Å². The molecule has 7 nitrogen and oxygen atoms in total. The Balaban J connectivity index is 1.87. The Morgan fingerprint density at radius 2 is 2.04 bits per heavy atom. The number of nitrogens with two attached hydrogens (primary N) is 1. The van der Waals surface area contributed by atoms with Gasteiger partial charge in [0.15, 0.2) is 0 Å². The summed E-state index contributed by atoms with van der Waals surface area (Å²) in [6.45, 7) is 0.894. The van der Waals surface area contributed by atoms with E-state index in [1.807, 2.05) is 18.3 Å². The van der Waals surface area contributed by atoms with Crippen LogP contribution in [0.25, 0.3) is 22.2 Å². The van der Waals surface area contributed by atoms with Gasteiger partial charge in [-0.15, -0.1) is 0 Å². The Hall–Kier alpha value is -2.64. The van der Waals surface area contributed by atoms with Crippen LogP contribution in [0.5, 0.6) is 5.75 Å². The van der Waals surface area contributed by atoms with E-state index in [-0.39, 0.29) is 24.4 Å². The van der Waals surface area contributed by atoms with Crippen molar-refractivity contribution in [2.24, 2.45) is 0 Å². The number of nitrogens with zero attached hydrogens (tertiary/aromatic N) is 3. The highest BCUT2D eigenvalue weighted by Crippen LogP contribution is 2.36. The van der Waals surface area contributed by atoms with Crippen molar-refractivity contribution in [3.63, 3.8) is 0 Å². The Morgan fingerprint density at radius 3 is 2.75 bits per heavy atom. The van der Waals surface area contributed by atoms with Gasteiger partial charge in [0.25, 0.3) is 0 Å². The summed E-state index contributed by atoms with van der Waals surface area (Å²) in [5.41, 5.74) is 8.80. The molecule has 2 atom stereocenters. The highest BCUT2D eigenvalue weighted by molar-refractivity contribution is 6.00. The van der Waals surface area contributed by atoms with Crippen LogP contribution in [0.2, 0.25) is 0 Å². The van der Waals surface area contributed by atoms with Gasteiger partial charge in [-0.05, 0) is 24.1 Å². The maximum atomic E-state index is 9.52. The van der Waals surface area contributed by atoms with E-state index in [2.05, 4.69) is 19.9 Å². The first-order valence-electron chi connectivity index (χ1n) is 7.92. The zero-order valence-corrected chi connectivity index (χ0v) is 13.1. The van der Waals surface area contributed by atoms with Crippen molar-refractivity contribution in [3.05, 3.63) is 36.8 Å². The second kappa shape index (κ2) is 5.77. The lowest BCUT2D eigenvalue weighted by atomic mass is 10.1. The molecule has 1 saturated heterocycles. The zero-order valence-electron chi connectivity index (χ0n) is 13.1. The van der Waals surface area contributed by atoms with E-state index in [4.69, 9.17) is 5.73 Å². The average Bonchev–Trinajstić information content (AvgIpc) is 3.20. The molecule has 0 bridgehead atoms. The Bertz CT molecular complexity index is 875. The molecule has 3 aromatic rings. The minimum atomic E-state index is 0.101. The van der Waals surface area contributed by atoms with Gasteiger partial charge in [0.1, 0.15) is 23.5 Å². The monoisotopic (exact) mass is 325 g/mol. The summed E-state index contributed by atoms with van der Waals surface area (Å²) in [5.74, 6) is 0.656. The minimum absolute atomic E-state index is 0.101. The number of nitrogen functional groups attached to an aromatic ring is 1. The average molecular weight is 325 g/mol. The number of hydrogen-bond donors (Lipinski definition) is 4. The standard InChI is InChI=1S/C17H19N5O2/c18-16-15-14(10-1-3-13(24)4-2-10)7-22(17(15)21-9-20-16)12-5-11(8-23)19-6-12/h1-4,7,9,11-12,19,23-24H,5-6,8H2,(H2,18,20,21)/t11-,12+/m0/s1. The molecule has 5 N–H and O–H groups in total. The van der Waals surface area contributed by atoms with E-state index in [0.29, 0.717) is 5.82 Å². The highest BCUT2D eigenvalue weighted by atomic mass is 16.3. The number of aliphatic hydroxyl groups excluding tert-OH is 1. The molecule has 0 aliphatic carbocycles. The van der Waals surface area contributed by atoms with Crippen molar-refractivity contribution in [1.29, 1.82) is 0 Å². The summed E-state index contributed by atoms with van der Waals surface area (Å²) < 4.78 is 2.11. The summed E-state index contributed by atoms with van der Waals surface area (Å²) in [7, 11) is 0. The van der Waals surface area contributed by atoms with Crippen molar-refractivity contribution in [1.82, 2.24) is 19.9 Å². The van der Waals surface area contributed by atoms with E-state index in [9.17, 15) is 10.2 Å². The van der Waals surface area contributed by atoms with Gasteiger partial charge >= 0.3 is 0 Å². The van der Waals surface area contributed by atoms with Crippen LogP contribution in [-0.2, 0) is 0 Å². The third-order valence-corrected chi connectivity index (χ3v) is 4.63. The van der Waals surface area contributed by atoms with Crippen LogP contribution in [0.1, 0.15) is 12.5 Å². The largest absolute Gasteiger partial charge is 0.508 e. The fraction of sp³-hybridized carbons (Fsp3) is 0.294.